The number of hydrogen-bond donors (Lipinski definition) is 2. The fourth-order valence-corrected chi connectivity index (χ4v) is 3.09. The van der Waals surface area contributed by atoms with Gasteiger partial charge in [-0.3, -0.25) is 14.4 Å². The third-order valence-corrected chi connectivity index (χ3v) is 4.41. The van der Waals surface area contributed by atoms with Crippen molar-refractivity contribution >= 4 is 17.4 Å². The van der Waals surface area contributed by atoms with E-state index < -0.39 is 11.5 Å². The largest absolute Gasteiger partial charge is 0.497 e. The average molecular weight is 356 g/mol. The lowest BCUT2D eigenvalue weighted by molar-refractivity contribution is 0.0952. The molecule has 2 N–H and O–H groups in total. The number of carbonyl (C=O) groups is 2. The number of methoxy groups -OCH3 is 2. The molecule has 1 amide bonds. The molecule has 1 heterocycles. The Kier molecular flexibility index (Phi) is 4.79. The van der Waals surface area contributed by atoms with E-state index in [1.54, 1.807) is 18.2 Å². The molecule has 2 aromatic rings. The highest BCUT2D eigenvalue weighted by Gasteiger charge is 2.26. The van der Waals surface area contributed by atoms with Crippen molar-refractivity contribution in [2.24, 2.45) is 5.92 Å². The molecule has 7 heteroatoms. The van der Waals surface area contributed by atoms with Crippen LogP contribution in [-0.2, 0) is 6.42 Å². The van der Waals surface area contributed by atoms with Gasteiger partial charge in [0.05, 0.1) is 19.9 Å². The van der Waals surface area contributed by atoms with Crippen LogP contribution in [0.1, 0.15) is 39.8 Å². The number of aromatic nitrogens is 1. The first-order valence-corrected chi connectivity index (χ1v) is 8.25. The minimum atomic E-state index is -0.607. The molecule has 0 aliphatic heterocycles. The summed E-state index contributed by atoms with van der Waals surface area (Å²) >= 11 is 0. The van der Waals surface area contributed by atoms with Crippen LogP contribution in [0, 0.1) is 5.92 Å². The molecule has 0 saturated carbocycles. The second-order valence-electron chi connectivity index (χ2n) is 6.36. The highest BCUT2D eigenvalue weighted by molar-refractivity contribution is 6.07. The lowest BCUT2D eigenvalue weighted by Crippen LogP contribution is -2.29. The van der Waals surface area contributed by atoms with E-state index in [1.165, 1.54) is 20.3 Å². The van der Waals surface area contributed by atoms with Crippen LogP contribution in [-0.4, -0.2) is 30.9 Å². The van der Waals surface area contributed by atoms with E-state index in [2.05, 4.69) is 10.3 Å². The molecule has 136 valence electrons. The van der Waals surface area contributed by atoms with Gasteiger partial charge in [0.1, 0.15) is 17.1 Å². The minimum Gasteiger partial charge on any atom is -0.497 e. The van der Waals surface area contributed by atoms with Crippen LogP contribution in [0.2, 0.25) is 0 Å². The normalized spacial score (nSPS) is 16.0. The summed E-state index contributed by atoms with van der Waals surface area (Å²) in [6.45, 7) is 1.95. The van der Waals surface area contributed by atoms with Crippen molar-refractivity contribution in [2.45, 2.75) is 19.8 Å². The molecule has 1 aromatic heterocycles. The van der Waals surface area contributed by atoms with E-state index in [0.717, 1.165) is 0 Å². The summed E-state index contributed by atoms with van der Waals surface area (Å²) in [5.74, 6) is 0.479. The van der Waals surface area contributed by atoms with Gasteiger partial charge in [0, 0.05) is 23.7 Å². The molecule has 0 fully saturated rings. The van der Waals surface area contributed by atoms with Gasteiger partial charge in [-0.25, -0.2) is 0 Å². The fourth-order valence-electron chi connectivity index (χ4n) is 3.09. The SMILES string of the molecule is COc1ccc(NC(=O)c2cc3c([nH]c2=O)CC(C)CC3=O)c(OC)c1. The Hall–Kier alpha value is -3.09. The van der Waals surface area contributed by atoms with Crippen LogP contribution in [0.3, 0.4) is 0 Å². The number of ketones is 1. The number of Topliss-reactive ketones (excluding diaryl/α,β-unsaturated/α-hetero) is 1. The number of nitrogens with one attached hydrogen (secondary N) is 2. The molecular weight excluding hydrogens is 336 g/mol. The van der Waals surface area contributed by atoms with E-state index in [4.69, 9.17) is 9.47 Å². The molecule has 1 unspecified atom stereocenters. The second-order valence-corrected chi connectivity index (χ2v) is 6.36. The maximum atomic E-state index is 12.6. The first-order chi connectivity index (χ1) is 12.4. The third-order valence-electron chi connectivity index (χ3n) is 4.41. The molecule has 0 spiro atoms. The zero-order valence-corrected chi connectivity index (χ0v) is 14.8. The lowest BCUT2D eigenvalue weighted by Gasteiger charge is -2.20. The van der Waals surface area contributed by atoms with Gasteiger partial charge in [-0.1, -0.05) is 6.92 Å². The number of ether oxygens (including phenoxy) is 2. The molecule has 1 atom stereocenters. The number of anilines is 1. The van der Waals surface area contributed by atoms with Crippen molar-refractivity contribution in [3.63, 3.8) is 0 Å². The number of rotatable bonds is 4. The Labute approximate surface area is 150 Å². The molecule has 26 heavy (non-hydrogen) atoms. The monoisotopic (exact) mass is 356 g/mol. The van der Waals surface area contributed by atoms with Gasteiger partial charge in [-0.15, -0.1) is 0 Å². The number of hydrogen-bond acceptors (Lipinski definition) is 5. The molecule has 3 rings (SSSR count). The van der Waals surface area contributed by atoms with Crippen LogP contribution < -0.4 is 20.3 Å². The van der Waals surface area contributed by atoms with Crippen LogP contribution in [0.25, 0.3) is 0 Å². The maximum absolute atomic E-state index is 12.6. The molecule has 1 aliphatic rings. The summed E-state index contributed by atoms with van der Waals surface area (Å²) in [5.41, 5.74) is 0.780. The van der Waals surface area contributed by atoms with E-state index in [9.17, 15) is 14.4 Å². The van der Waals surface area contributed by atoms with Crippen molar-refractivity contribution < 1.29 is 19.1 Å². The summed E-state index contributed by atoms with van der Waals surface area (Å²) < 4.78 is 10.4. The quantitative estimate of drug-likeness (QED) is 0.877. The van der Waals surface area contributed by atoms with Crippen molar-refractivity contribution in [3.05, 3.63) is 51.4 Å². The first kappa shape index (κ1) is 17.7. The van der Waals surface area contributed by atoms with Crippen molar-refractivity contribution in [2.75, 3.05) is 19.5 Å². The molecule has 1 aliphatic carbocycles. The summed E-state index contributed by atoms with van der Waals surface area (Å²) in [5, 5.41) is 2.65. The average Bonchev–Trinajstić information content (AvgIpc) is 2.61. The van der Waals surface area contributed by atoms with Crippen LogP contribution in [0.15, 0.2) is 29.1 Å². The number of aromatic amines is 1. The lowest BCUT2D eigenvalue weighted by atomic mass is 9.86. The first-order valence-electron chi connectivity index (χ1n) is 8.25. The van der Waals surface area contributed by atoms with Gasteiger partial charge in [-0.05, 0) is 30.5 Å². The predicted molar refractivity (Wildman–Crippen MR) is 96.4 cm³/mol. The number of carbonyl (C=O) groups excluding carboxylic acids is 2. The molecule has 7 nitrogen and oxygen atoms in total. The van der Waals surface area contributed by atoms with Gasteiger partial charge in [0.2, 0.25) is 0 Å². The number of benzene rings is 1. The van der Waals surface area contributed by atoms with Crippen molar-refractivity contribution in [1.29, 1.82) is 0 Å². The molecule has 0 radical (unpaired) electrons. The third kappa shape index (κ3) is 3.33. The predicted octanol–water partition coefficient (Wildman–Crippen LogP) is 2.41. The number of fused-ring (bicyclic) bond motifs is 1. The Morgan fingerprint density at radius 1 is 1.15 bits per heavy atom. The van der Waals surface area contributed by atoms with Gasteiger partial charge in [0.15, 0.2) is 5.78 Å². The maximum Gasteiger partial charge on any atom is 0.261 e. The Morgan fingerprint density at radius 2 is 1.92 bits per heavy atom. The smallest absolute Gasteiger partial charge is 0.261 e. The zero-order chi connectivity index (χ0) is 18.8. The standard InChI is InChI=1S/C19H20N2O5/c1-10-6-15-12(16(22)7-10)9-13(19(24)21-15)18(23)20-14-5-4-11(25-2)8-17(14)26-3/h4-5,8-10H,6-7H2,1-3H3,(H,20,23)(H,21,24). The van der Waals surface area contributed by atoms with Gasteiger partial charge < -0.3 is 19.8 Å². The van der Waals surface area contributed by atoms with Gasteiger partial charge >= 0.3 is 0 Å². The van der Waals surface area contributed by atoms with E-state index in [0.29, 0.717) is 41.3 Å². The zero-order valence-electron chi connectivity index (χ0n) is 14.8. The van der Waals surface area contributed by atoms with Crippen molar-refractivity contribution in [1.82, 2.24) is 4.98 Å². The topological polar surface area (TPSA) is 97.5 Å². The van der Waals surface area contributed by atoms with E-state index in [-0.39, 0.29) is 17.3 Å². The Bertz CT molecular complexity index is 932. The molecule has 1 aromatic carbocycles. The van der Waals surface area contributed by atoms with Crippen LogP contribution in [0.5, 0.6) is 11.5 Å². The fraction of sp³-hybridized carbons (Fsp3) is 0.316. The number of amides is 1. The summed E-state index contributed by atoms with van der Waals surface area (Å²) in [4.78, 5) is 39.8. The minimum absolute atomic E-state index is 0.0638. The number of H-pyrrole nitrogens is 1. The molecule has 0 saturated heterocycles. The second kappa shape index (κ2) is 7.03. The Morgan fingerprint density at radius 3 is 2.62 bits per heavy atom. The van der Waals surface area contributed by atoms with Gasteiger partial charge in [-0.2, -0.15) is 0 Å². The Balaban J connectivity index is 1.93. The van der Waals surface area contributed by atoms with Crippen molar-refractivity contribution in [3.8, 4) is 11.5 Å². The summed E-state index contributed by atoms with van der Waals surface area (Å²) in [6.07, 6.45) is 1.02. The summed E-state index contributed by atoms with van der Waals surface area (Å²) in [7, 11) is 2.99. The molecule has 0 bridgehead atoms. The van der Waals surface area contributed by atoms with Gasteiger partial charge in [0.25, 0.3) is 11.5 Å². The summed E-state index contributed by atoms with van der Waals surface area (Å²) in [6, 6.07) is 6.29. The highest BCUT2D eigenvalue weighted by atomic mass is 16.5. The number of pyridine rings is 1. The van der Waals surface area contributed by atoms with E-state index >= 15 is 0 Å². The molecular formula is C19H20N2O5. The van der Waals surface area contributed by atoms with Crippen LogP contribution >= 0.6 is 0 Å². The highest BCUT2D eigenvalue weighted by Crippen LogP contribution is 2.29. The van der Waals surface area contributed by atoms with Crippen LogP contribution in [0.4, 0.5) is 5.69 Å². The van der Waals surface area contributed by atoms with E-state index in [1.807, 2.05) is 6.92 Å².